The summed E-state index contributed by atoms with van der Waals surface area (Å²) in [6.07, 6.45) is 1.41. The molecule has 0 spiro atoms. The molecule has 1 aliphatic rings. The van der Waals surface area contributed by atoms with Crippen molar-refractivity contribution in [3.8, 4) is 11.3 Å². The smallest absolute Gasteiger partial charge is 0.246 e. The molecule has 2 heterocycles. The van der Waals surface area contributed by atoms with Gasteiger partial charge in [0.05, 0.1) is 11.4 Å². The van der Waals surface area contributed by atoms with Gasteiger partial charge in [-0.25, -0.2) is 8.42 Å². The predicted molar refractivity (Wildman–Crippen MR) is 109 cm³/mol. The zero-order valence-electron chi connectivity index (χ0n) is 16.5. The molecule has 1 aliphatic heterocycles. The molecular weight excluding hydrogens is 378 g/mol. The fourth-order valence-corrected chi connectivity index (χ4v) is 4.88. The van der Waals surface area contributed by atoms with Crippen LogP contribution in [0.4, 0.5) is 5.82 Å². The van der Waals surface area contributed by atoms with E-state index in [-0.39, 0.29) is 11.7 Å². The van der Waals surface area contributed by atoms with Crippen LogP contribution in [0.25, 0.3) is 11.3 Å². The van der Waals surface area contributed by atoms with Crippen LogP contribution in [-0.2, 0) is 26.4 Å². The molecule has 2 aromatic rings. The Morgan fingerprint density at radius 1 is 1.25 bits per heavy atom. The first-order valence-corrected chi connectivity index (χ1v) is 11.1. The highest BCUT2D eigenvalue weighted by atomic mass is 32.2. The third-order valence-corrected chi connectivity index (χ3v) is 7.96. The quantitative estimate of drug-likeness (QED) is 0.798. The summed E-state index contributed by atoms with van der Waals surface area (Å²) in [6, 6.07) is 11.3. The Labute approximate surface area is 166 Å². The third-order valence-electron chi connectivity index (χ3n) is 5.31. The zero-order valence-corrected chi connectivity index (χ0v) is 17.3. The van der Waals surface area contributed by atoms with Crippen molar-refractivity contribution in [2.75, 3.05) is 24.3 Å². The summed E-state index contributed by atoms with van der Waals surface area (Å²) in [7, 11) is -1.92. The van der Waals surface area contributed by atoms with Crippen LogP contribution in [0.2, 0.25) is 0 Å². The molecular formula is C20H27N3O4S. The van der Waals surface area contributed by atoms with Gasteiger partial charge in [-0.3, -0.25) is 9.48 Å². The lowest BCUT2D eigenvalue weighted by atomic mass is 10.0. The molecule has 1 aromatic carbocycles. The van der Waals surface area contributed by atoms with Gasteiger partial charge >= 0.3 is 0 Å². The third kappa shape index (κ3) is 4.28. The predicted octanol–water partition coefficient (Wildman–Crippen LogP) is 2.65. The first-order chi connectivity index (χ1) is 13.2. The number of aromatic nitrogens is 2. The summed E-state index contributed by atoms with van der Waals surface area (Å²) in [5.74, 6) is -0.0650. The van der Waals surface area contributed by atoms with Gasteiger partial charge < -0.3 is 10.1 Å². The van der Waals surface area contributed by atoms with Crippen molar-refractivity contribution in [2.45, 2.75) is 31.4 Å². The summed E-state index contributed by atoms with van der Waals surface area (Å²) in [5, 5.41) is 7.15. The van der Waals surface area contributed by atoms with E-state index in [0.29, 0.717) is 37.6 Å². The van der Waals surface area contributed by atoms with Crippen LogP contribution < -0.4 is 5.32 Å². The second-order valence-corrected chi connectivity index (χ2v) is 10.3. The van der Waals surface area contributed by atoms with E-state index in [9.17, 15) is 13.2 Å². The summed E-state index contributed by atoms with van der Waals surface area (Å²) >= 11 is 0. The van der Waals surface area contributed by atoms with Crippen LogP contribution in [0.1, 0.15) is 26.7 Å². The van der Waals surface area contributed by atoms with Crippen LogP contribution in [0.3, 0.4) is 0 Å². The molecule has 3 rings (SSSR count). The van der Waals surface area contributed by atoms with Crippen molar-refractivity contribution in [1.82, 2.24) is 9.78 Å². The Morgan fingerprint density at radius 3 is 2.54 bits per heavy atom. The number of anilines is 1. The highest BCUT2D eigenvalue weighted by Gasteiger charge is 2.43. The van der Waals surface area contributed by atoms with Crippen LogP contribution in [0, 0.1) is 5.92 Å². The first-order valence-electron chi connectivity index (χ1n) is 9.41. The lowest BCUT2D eigenvalue weighted by Gasteiger charge is -2.28. The Hall–Kier alpha value is -2.19. The van der Waals surface area contributed by atoms with Gasteiger partial charge in [-0.15, -0.1) is 0 Å². The molecule has 0 unspecified atom stereocenters. The summed E-state index contributed by atoms with van der Waals surface area (Å²) in [6.45, 7) is 4.07. The lowest BCUT2D eigenvalue weighted by molar-refractivity contribution is -0.117. The number of rotatable bonds is 6. The normalized spacial score (nSPS) is 16.1. The maximum absolute atomic E-state index is 12.9. The van der Waals surface area contributed by atoms with E-state index in [1.54, 1.807) is 17.8 Å². The van der Waals surface area contributed by atoms with Crippen molar-refractivity contribution in [3.05, 3.63) is 36.4 Å². The van der Waals surface area contributed by atoms with Gasteiger partial charge in [-0.05, 0) is 32.6 Å². The minimum Gasteiger partial charge on any atom is -0.381 e. The number of sulfone groups is 1. The average Bonchev–Trinajstić information content (AvgIpc) is 3.03. The minimum atomic E-state index is -3.63. The van der Waals surface area contributed by atoms with Crippen LogP contribution in [0.5, 0.6) is 0 Å². The molecule has 1 fully saturated rings. The maximum atomic E-state index is 12.9. The topological polar surface area (TPSA) is 90.3 Å². The Kier molecular flexibility index (Phi) is 5.90. The van der Waals surface area contributed by atoms with Crippen molar-refractivity contribution in [1.29, 1.82) is 0 Å². The van der Waals surface area contributed by atoms with E-state index in [0.717, 1.165) is 5.56 Å². The second kappa shape index (κ2) is 8.05. The van der Waals surface area contributed by atoms with Crippen LogP contribution in [-0.4, -0.2) is 47.8 Å². The van der Waals surface area contributed by atoms with Crippen molar-refractivity contribution in [3.63, 3.8) is 0 Å². The van der Waals surface area contributed by atoms with Crippen LogP contribution >= 0.6 is 0 Å². The van der Waals surface area contributed by atoms with Crippen molar-refractivity contribution in [2.24, 2.45) is 13.0 Å². The van der Waals surface area contributed by atoms with Gasteiger partial charge in [0.25, 0.3) is 0 Å². The Bertz CT molecular complexity index is 930. The molecule has 152 valence electrons. The van der Waals surface area contributed by atoms with E-state index in [1.165, 1.54) is 13.8 Å². The molecule has 28 heavy (non-hydrogen) atoms. The van der Waals surface area contributed by atoms with E-state index >= 15 is 0 Å². The molecule has 1 saturated heterocycles. The number of benzene rings is 1. The standard InChI is InChI=1S/C20H27N3O4S/c1-20(2,28(25,26)14-15-9-11-27-12-10-15)19(24)21-18-13-17(22-23(18)3)16-7-5-4-6-8-16/h4-8,13,15H,9-12,14H2,1-3H3,(H,21,24). The average molecular weight is 406 g/mol. The second-order valence-electron chi connectivity index (χ2n) is 7.71. The van der Waals surface area contributed by atoms with Crippen LogP contribution in [0.15, 0.2) is 36.4 Å². The van der Waals surface area contributed by atoms with E-state index in [4.69, 9.17) is 4.74 Å². The minimum absolute atomic E-state index is 0.00255. The molecule has 0 atom stereocenters. The number of nitrogens with zero attached hydrogens (tertiary/aromatic N) is 2. The highest BCUT2D eigenvalue weighted by molar-refractivity contribution is 7.93. The van der Waals surface area contributed by atoms with E-state index in [1.807, 2.05) is 30.3 Å². The Morgan fingerprint density at radius 2 is 1.89 bits per heavy atom. The fraction of sp³-hybridized carbons (Fsp3) is 0.500. The number of nitrogens with one attached hydrogen (secondary N) is 1. The molecule has 1 amide bonds. The first kappa shape index (κ1) is 20.5. The largest absolute Gasteiger partial charge is 0.381 e. The Balaban J connectivity index is 1.75. The van der Waals surface area contributed by atoms with E-state index < -0.39 is 20.5 Å². The van der Waals surface area contributed by atoms with Gasteiger partial charge in [0.1, 0.15) is 10.6 Å². The molecule has 0 aliphatic carbocycles. The highest BCUT2D eigenvalue weighted by Crippen LogP contribution is 2.27. The zero-order chi connectivity index (χ0) is 20.4. The molecule has 0 bridgehead atoms. The SMILES string of the molecule is Cn1nc(-c2ccccc2)cc1NC(=O)C(C)(C)S(=O)(=O)CC1CCOCC1. The molecule has 7 nitrogen and oxygen atoms in total. The van der Waals surface area contributed by atoms with E-state index in [2.05, 4.69) is 10.4 Å². The van der Waals surface area contributed by atoms with Gasteiger partial charge in [0.15, 0.2) is 9.84 Å². The lowest BCUT2D eigenvalue weighted by Crippen LogP contribution is -2.47. The van der Waals surface area contributed by atoms with Gasteiger partial charge in [-0.1, -0.05) is 30.3 Å². The number of carbonyl (C=O) groups excluding carboxylic acids is 1. The molecule has 1 aromatic heterocycles. The van der Waals surface area contributed by atoms with Gasteiger partial charge in [0, 0.05) is 31.9 Å². The van der Waals surface area contributed by atoms with Gasteiger partial charge in [-0.2, -0.15) is 5.10 Å². The molecule has 8 heteroatoms. The van der Waals surface area contributed by atoms with Crippen molar-refractivity contribution >= 4 is 21.6 Å². The number of ether oxygens (including phenoxy) is 1. The number of hydrogen-bond acceptors (Lipinski definition) is 5. The summed E-state index contributed by atoms with van der Waals surface area (Å²) in [5.41, 5.74) is 1.63. The van der Waals surface area contributed by atoms with Gasteiger partial charge in [0.2, 0.25) is 5.91 Å². The number of hydrogen-bond donors (Lipinski definition) is 1. The number of aryl methyl sites for hydroxylation is 1. The molecule has 0 saturated carbocycles. The monoisotopic (exact) mass is 405 g/mol. The maximum Gasteiger partial charge on any atom is 0.246 e. The number of carbonyl (C=O) groups is 1. The molecule has 1 N–H and O–H groups in total. The number of amides is 1. The fourth-order valence-electron chi connectivity index (χ4n) is 3.17. The summed E-state index contributed by atoms with van der Waals surface area (Å²) in [4.78, 5) is 12.9. The van der Waals surface area contributed by atoms with Crippen molar-refractivity contribution < 1.29 is 17.9 Å². The summed E-state index contributed by atoms with van der Waals surface area (Å²) < 4.78 is 31.2. The molecule has 0 radical (unpaired) electrons.